The Hall–Kier alpha value is -2.51. The van der Waals surface area contributed by atoms with Crippen LogP contribution in [0.3, 0.4) is 0 Å². The lowest BCUT2D eigenvalue weighted by atomic mass is 10.0. The average Bonchev–Trinajstić information content (AvgIpc) is 3.03. The molecule has 6 nitrogen and oxygen atoms in total. The van der Waals surface area contributed by atoms with Crippen molar-refractivity contribution in [3.63, 3.8) is 0 Å². The van der Waals surface area contributed by atoms with Crippen molar-refractivity contribution in [1.29, 1.82) is 0 Å². The van der Waals surface area contributed by atoms with Gasteiger partial charge in [-0.1, -0.05) is 53.7 Å². The first kappa shape index (κ1) is 17.9. The van der Waals surface area contributed by atoms with E-state index in [0.717, 1.165) is 22.6 Å². The normalized spacial score (nSPS) is 18.5. The summed E-state index contributed by atoms with van der Waals surface area (Å²) in [5.41, 5.74) is 6.17. The number of nitrogens with zero attached hydrogens (tertiary/aromatic N) is 3. The van der Waals surface area contributed by atoms with Crippen molar-refractivity contribution >= 4 is 35.0 Å². The largest absolute Gasteiger partial charge is 0.325 e. The van der Waals surface area contributed by atoms with Crippen molar-refractivity contribution in [3.8, 4) is 0 Å². The standard InChI is InChI=1S/C19H18ClN5OS/c1-11-5-3-4-6-15(11)21-18(26)17-16(13-7-9-14(20)10-8-13)24-25-12(2)22-23-19(25)27-17/h3-10,16-17,24H,1-2H3,(H,21,26)/t16-,17-/m1/s1. The fourth-order valence-corrected chi connectivity index (χ4v) is 4.25. The highest BCUT2D eigenvalue weighted by atomic mass is 35.5. The van der Waals surface area contributed by atoms with Crippen molar-refractivity contribution in [1.82, 2.24) is 14.9 Å². The summed E-state index contributed by atoms with van der Waals surface area (Å²) >= 11 is 7.43. The Bertz CT molecular complexity index is 988. The molecular formula is C19H18ClN5OS. The van der Waals surface area contributed by atoms with Crippen LogP contribution in [0.25, 0.3) is 0 Å². The number of thioether (sulfide) groups is 1. The van der Waals surface area contributed by atoms with E-state index in [-0.39, 0.29) is 11.9 Å². The molecule has 3 aromatic rings. The second-order valence-corrected chi connectivity index (χ2v) is 7.91. The van der Waals surface area contributed by atoms with Gasteiger partial charge in [0.2, 0.25) is 11.1 Å². The molecule has 1 aliphatic heterocycles. The van der Waals surface area contributed by atoms with Crippen LogP contribution in [0.2, 0.25) is 5.02 Å². The van der Waals surface area contributed by atoms with Gasteiger partial charge in [0.1, 0.15) is 11.1 Å². The minimum absolute atomic E-state index is 0.0892. The quantitative estimate of drug-likeness (QED) is 0.697. The molecule has 138 valence electrons. The molecular weight excluding hydrogens is 382 g/mol. The Kier molecular flexibility index (Phi) is 4.80. The van der Waals surface area contributed by atoms with Crippen molar-refractivity contribution in [3.05, 3.63) is 70.5 Å². The van der Waals surface area contributed by atoms with Crippen LogP contribution in [0.4, 0.5) is 5.69 Å². The number of para-hydroxylation sites is 1. The van der Waals surface area contributed by atoms with E-state index >= 15 is 0 Å². The maximum Gasteiger partial charge on any atom is 0.240 e. The molecule has 0 bridgehead atoms. The van der Waals surface area contributed by atoms with E-state index in [0.29, 0.717) is 10.2 Å². The van der Waals surface area contributed by atoms with E-state index in [1.807, 2.05) is 67.1 Å². The number of aryl methyl sites for hydroxylation is 2. The second kappa shape index (κ2) is 7.25. The zero-order chi connectivity index (χ0) is 19.0. The highest BCUT2D eigenvalue weighted by molar-refractivity contribution is 8.00. The number of hydrogen-bond donors (Lipinski definition) is 2. The molecule has 2 aromatic carbocycles. The molecule has 0 saturated carbocycles. The number of aromatic nitrogens is 3. The van der Waals surface area contributed by atoms with Gasteiger partial charge in [0.15, 0.2) is 0 Å². The summed E-state index contributed by atoms with van der Waals surface area (Å²) in [6, 6.07) is 15.0. The number of rotatable bonds is 3. The van der Waals surface area contributed by atoms with Crippen molar-refractivity contribution < 1.29 is 4.79 Å². The SMILES string of the molecule is Cc1ccccc1NC(=O)[C@@H]1Sc2nnc(C)n2N[C@@H]1c1ccc(Cl)cc1. The van der Waals surface area contributed by atoms with Crippen LogP contribution < -0.4 is 10.7 Å². The van der Waals surface area contributed by atoms with Gasteiger partial charge in [0, 0.05) is 10.7 Å². The first-order valence-corrected chi connectivity index (χ1v) is 9.76. The van der Waals surface area contributed by atoms with Crippen LogP contribution in [0.5, 0.6) is 0 Å². The number of benzene rings is 2. The maximum atomic E-state index is 13.1. The lowest BCUT2D eigenvalue weighted by Gasteiger charge is -2.32. The molecule has 1 aromatic heterocycles. The number of fused-ring (bicyclic) bond motifs is 1. The van der Waals surface area contributed by atoms with E-state index in [1.165, 1.54) is 11.8 Å². The minimum atomic E-state index is -0.415. The van der Waals surface area contributed by atoms with E-state index in [1.54, 1.807) is 0 Å². The number of halogens is 1. The maximum absolute atomic E-state index is 13.1. The van der Waals surface area contributed by atoms with Gasteiger partial charge in [-0.25, -0.2) is 4.68 Å². The number of hydrogen-bond acceptors (Lipinski definition) is 5. The van der Waals surface area contributed by atoms with Crippen LogP contribution in [-0.4, -0.2) is 26.0 Å². The van der Waals surface area contributed by atoms with Gasteiger partial charge in [-0.05, 0) is 43.2 Å². The first-order chi connectivity index (χ1) is 13.0. The Morgan fingerprint density at radius 3 is 2.63 bits per heavy atom. The van der Waals surface area contributed by atoms with E-state index in [4.69, 9.17) is 11.6 Å². The van der Waals surface area contributed by atoms with Crippen molar-refractivity contribution in [2.75, 3.05) is 10.7 Å². The molecule has 8 heteroatoms. The molecule has 2 N–H and O–H groups in total. The van der Waals surface area contributed by atoms with Crippen LogP contribution >= 0.6 is 23.4 Å². The minimum Gasteiger partial charge on any atom is -0.325 e. The number of carbonyl (C=O) groups is 1. The predicted molar refractivity (Wildman–Crippen MR) is 108 cm³/mol. The molecule has 0 aliphatic carbocycles. The van der Waals surface area contributed by atoms with Gasteiger partial charge in [0.25, 0.3) is 0 Å². The summed E-state index contributed by atoms with van der Waals surface area (Å²) in [5.74, 6) is 0.655. The van der Waals surface area contributed by atoms with Gasteiger partial charge in [-0.3, -0.25) is 4.79 Å². The van der Waals surface area contributed by atoms with E-state index in [2.05, 4.69) is 20.9 Å². The van der Waals surface area contributed by atoms with Crippen LogP contribution in [0.15, 0.2) is 53.7 Å². The summed E-state index contributed by atoms with van der Waals surface area (Å²) in [7, 11) is 0. The lowest BCUT2D eigenvalue weighted by Crippen LogP contribution is -2.41. The average molecular weight is 400 g/mol. The van der Waals surface area contributed by atoms with Crippen molar-refractivity contribution in [2.24, 2.45) is 0 Å². The highest BCUT2D eigenvalue weighted by Gasteiger charge is 2.37. The van der Waals surface area contributed by atoms with Crippen LogP contribution in [0.1, 0.15) is 23.0 Å². The molecule has 0 radical (unpaired) electrons. The van der Waals surface area contributed by atoms with Gasteiger partial charge in [-0.15, -0.1) is 10.2 Å². The molecule has 27 heavy (non-hydrogen) atoms. The predicted octanol–water partition coefficient (Wildman–Crippen LogP) is 3.95. The summed E-state index contributed by atoms with van der Waals surface area (Å²) in [6.07, 6.45) is 0. The molecule has 0 spiro atoms. The van der Waals surface area contributed by atoms with Gasteiger partial charge < -0.3 is 10.7 Å². The summed E-state index contributed by atoms with van der Waals surface area (Å²) in [5, 5.41) is 12.2. The zero-order valence-electron chi connectivity index (χ0n) is 14.8. The zero-order valence-corrected chi connectivity index (χ0v) is 16.4. The third kappa shape index (κ3) is 3.52. The van der Waals surface area contributed by atoms with Gasteiger partial charge >= 0.3 is 0 Å². The van der Waals surface area contributed by atoms with Crippen molar-refractivity contribution in [2.45, 2.75) is 30.3 Å². The summed E-state index contributed by atoms with van der Waals surface area (Å²) in [6.45, 7) is 3.84. The molecule has 1 amide bonds. The van der Waals surface area contributed by atoms with Gasteiger partial charge in [0.05, 0.1) is 6.04 Å². The molecule has 1 aliphatic rings. The second-order valence-electron chi connectivity index (χ2n) is 6.37. The van der Waals surface area contributed by atoms with Crippen LogP contribution in [-0.2, 0) is 4.79 Å². The third-order valence-electron chi connectivity index (χ3n) is 4.49. The Morgan fingerprint density at radius 2 is 1.89 bits per heavy atom. The van der Waals surface area contributed by atoms with Gasteiger partial charge in [-0.2, -0.15) is 0 Å². The molecule has 0 unspecified atom stereocenters. The fraction of sp³-hybridized carbons (Fsp3) is 0.211. The molecule has 2 atom stereocenters. The number of anilines is 1. The first-order valence-electron chi connectivity index (χ1n) is 8.50. The summed E-state index contributed by atoms with van der Waals surface area (Å²) in [4.78, 5) is 13.1. The van der Waals surface area contributed by atoms with Crippen LogP contribution in [0, 0.1) is 13.8 Å². The Morgan fingerprint density at radius 1 is 1.15 bits per heavy atom. The van der Waals surface area contributed by atoms with E-state index < -0.39 is 5.25 Å². The lowest BCUT2D eigenvalue weighted by molar-refractivity contribution is -0.116. The monoisotopic (exact) mass is 399 g/mol. The molecule has 0 fully saturated rings. The Labute approximate surface area is 166 Å². The third-order valence-corrected chi connectivity index (χ3v) is 5.96. The fourth-order valence-electron chi connectivity index (χ4n) is 3.00. The van der Waals surface area contributed by atoms with E-state index in [9.17, 15) is 4.79 Å². The molecule has 0 saturated heterocycles. The topological polar surface area (TPSA) is 71.8 Å². The number of nitrogens with one attached hydrogen (secondary N) is 2. The molecule has 2 heterocycles. The number of amides is 1. The number of carbonyl (C=O) groups excluding carboxylic acids is 1. The Balaban J connectivity index is 1.68. The molecule has 4 rings (SSSR count). The smallest absolute Gasteiger partial charge is 0.240 e. The summed E-state index contributed by atoms with van der Waals surface area (Å²) < 4.78 is 1.82. The highest BCUT2D eigenvalue weighted by Crippen LogP contribution is 2.37.